The Hall–Kier alpha value is -1.76. The first-order valence-corrected chi connectivity index (χ1v) is 6.11. The highest BCUT2D eigenvalue weighted by molar-refractivity contribution is 8.00. The van der Waals surface area contributed by atoms with Crippen molar-refractivity contribution in [2.45, 2.75) is 11.8 Å². The number of hydrogen-bond donors (Lipinski definition) is 2. The van der Waals surface area contributed by atoms with Crippen LogP contribution in [0.3, 0.4) is 0 Å². The fourth-order valence-corrected chi connectivity index (χ4v) is 1.99. The number of primary amides is 1. The van der Waals surface area contributed by atoms with E-state index in [2.05, 4.69) is 0 Å². The van der Waals surface area contributed by atoms with Gasteiger partial charge in [0.2, 0.25) is 0 Å². The third kappa shape index (κ3) is 3.63. The van der Waals surface area contributed by atoms with Crippen LogP contribution < -0.4 is 11.5 Å². The largest absolute Gasteiger partial charge is 0.465 e. The summed E-state index contributed by atoms with van der Waals surface area (Å²) in [5.74, 6) is -1.86. The fourth-order valence-electron chi connectivity index (χ4n) is 1.23. The van der Waals surface area contributed by atoms with Crippen LogP contribution in [0.25, 0.3) is 0 Å². The molecule has 0 heterocycles. The van der Waals surface area contributed by atoms with Gasteiger partial charge in [-0.2, -0.15) is 0 Å². The third-order valence-corrected chi connectivity index (χ3v) is 3.02. The predicted octanol–water partition coefficient (Wildman–Crippen LogP) is 1.16. The highest BCUT2D eigenvalue weighted by Crippen LogP contribution is 2.26. The molecule has 5 nitrogen and oxygen atoms in total. The summed E-state index contributed by atoms with van der Waals surface area (Å²) in [4.78, 5) is 22.3. The molecular formula is C11H13FN2O3S. The van der Waals surface area contributed by atoms with Crippen LogP contribution in [0.5, 0.6) is 0 Å². The van der Waals surface area contributed by atoms with Crippen molar-refractivity contribution in [2.24, 2.45) is 5.73 Å². The number of nitrogen functional groups attached to an aromatic ring is 1. The van der Waals surface area contributed by atoms with Crippen LogP contribution in [0.4, 0.5) is 10.1 Å². The van der Waals surface area contributed by atoms with Crippen molar-refractivity contribution < 1.29 is 18.7 Å². The molecule has 0 saturated carbocycles. The minimum Gasteiger partial charge on any atom is -0.465 e. The lowest BCUT2D eigenvalue weighted by Gasteiger charge is -2.07. The van der Waals surface area contributed by atoms with Gasteiger partial charge in [-0.05, 0) is 19.1 Å². The Labute approximate surface area is 108 Å². The summed E-state index contributed by atoms with van der Waals surface area (Å²) >= 11 is 0.922. The molecule has 0 atom stereocenters. The van der Waals surface area contributed by atoms with Crippen LogP contribution in [-0.2, 0) is 9.53 Å². The van der Waals surface area contributed by atoms with Crippen molar-refractivity contribution in [2.75, 3.05) is 18.1 Å². The molecule has 1 amide bonds. The predicted molar refractivity (Wildman–Crippen MR) is 66.7 cm³/mol. The van der Waals surface area contributed by atoms with Crippen LogP contribution in [0.1, 0.15) is 17.3 Å². The Morgan fingerprint density at radius 1 is 1.44 bits per heavy atom. The maximum absolute atomic E-state index is 13.5. The van der Waals surface area contributed by atoms with Crippen molar-refractivity contribution in [3.63, 3.8) is 0 Å². The van der Waals surface area contributed by atoms with Crippen molar-refractivity contribution >= 4 is 29.3 Å². The van der Waals surface area contributed by atoms with Crippen LogP contribution in [0.2, 0.25) is 0 Å². The number of benzene rings is 1. The first-order valence-electron chi connectivity index (χ1n) is 5.13. The second kappa shape index (κ2) is 6.25. The van der Waals surface area contributed by atoms with E-state index in [9.17, 15) is 14.0 Å². The lowest BCUT2D eigenvalue weighted by atomic mass is 10.1. The molecule has 1 aromatic carbocycles. The number of anilines is 1. The molecule has 0 fully saturated rings. The Bertz CT molecular complexity index is 480. The van der Waals surface area contributed by atoms with Crippen LogP contribution in [0.15, 0.2) is 17.0 Å². The molecule has 0 radical (unpaired) electrons. The number of hydrogen-bond acceptors (Lipinski definition) is 5. The Kier molecular flexibility index (Phi) is 4.96. The lowest BCUT2D eigenvalue weighted by Crippen LogP contribution is -2.14. The fraction of sp³-hybridized carbons (Fsp3) is 0.273. The van der Waals surface area contributed by atoms with Crippen LogP contribution in [-0.4, -0.2) is 24.2 Å². The molecular weight excluding hydrogens is 259 g/mol. The van der Waals surface area contributed by atoms with Gasteiger partial charge in [0, 0.05) is 10.6 Å². The zero-order chi connectivity index (χ0) is 13.7. The normalized spacial score (nSPS) is 10.1. The number of rotatable bonds is 5. The van der Waals surface area contributed by atoms with Gasteiger partial charge in [0.05, 0.1) is 17.9 Å². The first-order chi connectivity index (χ1) is 8.45. The standard InChI is InChI=1S/C11H13FN2O3S/c1-2-17-10(15)5-18-9-3-6(11(14)16)8(13)4-7(9)12/h3-4H,2,5,13H2,1H3,(H2,14,16). The molecule has 4 N–H and O–H groups in total. The molecule has 98 valence electrons. The van der Waals surface area contributed by atoms with E-state index in [1.54, 1.807) is 6.92 Å². The van der Waals surface area contributed by atoms with Gasteiger partial charge in [0.15, 0.2) is 0 Å². The zero-order valence-corrected chi connectivity index (χ0v) is 10.6. The summed E-state index contributed by atoms with van der Waals surface area (Å²) in [5.41, 5.74) is 10.6. The van der Waals surface area contributed by atoms with Crippen molar-refractivity contribution in [1.29, 1.82) is 0 Å². The number of carbonyl (C=O) groups excluding carboxylic acids is 2. The Morgan fingerprint density at radius 3 is 2.67 bits per heavy atom. The van der Waals surface area contributed by atoms with Crippen molar-refractivity contribution in [3.8, 4) is 0 Å². The van der Waals surface area contributed by atoms with E-state index >= 15 is 0 Å². The molecule has 0 spiro atoms. The van der Waals surface area contributed by atoms with Gasteiger partial charge < -0.3 is 16.2 Å². The van der Waals surface area contributed by atoms with E-state index in [-0.39, 0.29) is 28.5 Å². The molecule has 18 heavy (non-hydrogen) atoms. The molecule has 1 rings (SSSR count). The summed E-state index contributed by atoms with van der Waals surface area (Å²) in [5, 5.41) is 0. The molecule has 1 aromatic rings. The molecule has 0 bridgehead atoms. The summed E-state index contributed by atoms with van der Waals surface area (Å²) < 4.78 is 18.2. The minimum absolute atomic E-state index is 0.0273. The van der Waals surface area contributed by atoms with Gasteiger partial charge in [0.1, 0.15) is 5.82 Å². The van der Waals surface area contributed by atoms with Gasteiger partial charge in [-0.1, -0.05) is 0 Å². The third-order valence-electron chi connectivity index (χ3n) is 2.02. The molecule has 0 aromatic heterocycles. The summed E-state index contributed by atoms with van der Waals surface area (Å²) in [6, 6.07) is 2.24. The molecule has 7 heteroatoms. The number of esters is 1. The maximum atomic E-state index is 13.5. The van der Waals surface area contributed by atoms with Crippen molar-refractivity contribution in [1.82, 2.24) is 0 Å². The van der Waals surface area contributed by atoms with Crippen molar-refractivity contribution in [3.05, 3.63) is 23.5 Å². The highest BCUT2D eigenvalue weighted by atomic mass is 32.2. The number of nitrogens with two attached hydrogens (primary N) is 2. The van der Waals surface area contributed by atoms with Gasteiger partial charge in [-0.15, -0.1) is 11.8 Å². The molecule has 0 aliphatic carbocycles. The number of thioether (sulfide) groups is 1. The highest BCUT2D eigenvalue weighted by Gasteiger charge is 2.13. The number of ether oxygens (including phenoxy) is 1. The Morgan fingerprint density at radius 2 is 2.11 bits per heavy atom. The zero-order valence-electron chi connectivity index (χ0n) is 9.73. The maximum Gasteiger partial charge on any atom is 0.316 e. The average Bonchev–Trinajstić information content (AvgIpc) is 2.27. The summed E-state index contributed by atoms with van der Waals surface area (Å²) in [6.45, 7) is 1.94. The summed E-state index contributed by atoms with van der Waals surface area (Å²) in [6.07, 6.45) is 0. The topological polar surface area (TPSA) is 95.4 Å². The van der Waals surface area contributed by atoms with E-state index in [0.29, 0.717) is 0 Å². The molecule has 0 aliphatic rings. The van der Waals surface area contributed by atoms with E-state index < -0.39 is 17.7 Å². The van der Waals surface area contributed by atoms with Gasteiger partial charge in [0.25, 0.3) is 5.91 Å². The smallest absolute Gasteiger partial charge is 0.316 e. The second-order valence-corrected chi connectivity index (χ2v) is 4.35. The number of carbonyl (C=O) groups is 2. The van der Waals surface area contributed by atoms with E-state index in [1.807, 2.05) is 0 Å². The SMILES string of the molecule is CCOC(=O)CSc1cc(C(N)=O)c(N)cc1F. The molecule has 0 aliphatic heterocycles. The number of amides is 1. The summed E-state index contributed by atoms with van der Waals surface area (Å²) in [7, 11) is 0. The average molecular weight is 272 g/mol. The van der Waals surface area contributed by atoms with E-state index in [1.165, 1.54) is 6.07 Å². The minimum atomic E-state index is -0.745. The second-order valence-electron chi connectivity index (χ2n) is 3.33. The Balaban J connectivity index is 2.86. The number of halogens is 1. The molecule has 0 unspecified atom stereocenters. The van der Waals surface area contributed by atoms with Gasteiger partial charge in [-0.25, -0.2) is 4.39 Å². The van der Waals surface area contributed by atoms with Crippen LogP contribution in [0, 0.1) is 5.82 Å². The van der Waals surface area contributed by atoms with Gasteiger partial charge in [-0.3, -0.25) is 9.59 Å². The van der Waals surface area contributed by atoms with E-state index in [4.69, 9.17) is 16.2 Å². The molecule has 0 saturated heterocycles. The quantitative estimate of drug-likeness (QED) is 0.476. The monoisotopic (exact) mass is 272 g/mol. The first kappa shape index (κ1) is 14.3. The van der Waals surface area contributed by atoms with Gasteiger partial charge >= 0.3 is 5.97 Å². The lowest BCUT2D eigenvalue weighted by molar-refractivity contribution is -0.139. The van der Waals surface area contributed by atoms with E-state index in [0.717, 1.165) is 17.8 Å². The van der Waals surface area contributed by atoms with Crippen LogP contribution >= 0.6 is 11.8 Å².